The second kappa shape index (κ2) is 6.12. The molecule has 3 nitrogen and oxygen atoms in total. The zero-order chi connectivity index (χ0) is 12.1. The van der Waals surface area contributed by atoms with Gasteiger partial charge < -0.3 is 14.8 Å². The lowest BCUT2D eigenvalue weighted by molar-refractivity contribution is 0.0247. The van der Waals surface area contributed by atoms with Gasteiger partial charge in [-0.3, -0.25) is 0 Å². The van der Waals surface area contributed by atoms with Crippen molar-refractivity contribution in [3.05, 3.63) is 23.2 Å². The van der Waals surface area contributed by atoms with E-state index in [2.05, 4.69) is 5.32 Å². The Morgan fingerprint density at radius 2 is 2.35 bits per heavy atom. The first kappa shape index (κ1) is 12.5. The molecule has 0 spiro atoms. The largest absolute Gasteiger partial charge is 0.497 e. The van der Waals surface area contributed by atoms with Gasteiger partial charge in [0.1, 0.15) is 5.75 Å². The molecule has 1 N–H and O–H groups in total. The minimum atomic E-state index is 0.297. The first-order valence-corrected chi connectivity index (χ1v) is 6.36. The van der Waals surface area contributed by atoms with E-state index in [0.717, 1.165) is 31.0 Å². The Hall–Kier alpha value is -0.930. The zero-order valence-electron chi connectivity index (χ0n) is 10.0. The van der Waals surface area contributed by atoms with E-state index in [1.807, 2.05) is 18.2 Å². The van der Waals surface area contributed by atoms with Gasteiger partial charge in [-0.05, 0) is 31.4 Å². The molecule has 94 valence electrons. The van der Waals surface area contributed by atoms with Crippen LogP contribution in [-0.4, -0.2) is 26.4 Å². The number of rotatable bonds is 4. The average Bonchev–Trinajstić information content (AvgIpc) is 2.39. The molecular weight excluding hydrogens is 238 g/mol. The number of hydrogen-bond donors (Lipinski definition) is 1. The highest BCUT2D eigenvalue weighted by Gasteiger charge is 2.13. The van der Waals surface area contributed by atoms with Crippen molar-refractivity contribution in [2.24, 2.45) is 0 Å². The van der Waals surface area contributed by atoms with Gasteiger partial charge >= 0.3 is 0 Å². The van der Waals surface area contributed by atoms with Crippen molar-refractivity contribution >= 4 is 17.3 Å². The summed E-state index contributed by atoms with van der Waals surface area (Å²) in [5.41, 5.74) is 0.903. The molecule has 1 aromatic rings. The van der Waals surface area contributed by atoms with Crippen LogP contribution in [0.1, 0.15) is 19.3 Å². The third-order valence-corrected chi connectivity index (χ3v) is 3.30. The quantitative estimate of drug-likeness (QED) is 0.895. The molecule has 0 bridgehead atoms. The SMILES string of the molecule is COc1ccc(Cl)c(NCC2CCCCO2)c1. The molecule has 1 heterocycles. The van der Waals surface area contributed by atoms with Gasteiger partial charge in [0.25, 0.3) is 0 Å². The summed E-state index contributed by atoms with van der Waals surface area (Å²) in [5.74, 6) is 0.807. The van der Waals surface area contributed by atoms with E-state index < -0.39 is 0 Å². The first-order chi connectivity index (χ1) is 8.29. The second-order valence-corrected chi connectivity index (χ2v) is 4.62. The van der Waals surface area contributed by atoms with Crippen LogP contribution in [0, 0.1) is 0 Å². The van der Waals surface area contributed by atoms with Gasteiger partial charge in [-0.1, -0.05) is 11.6 Å². The Morgan fingerprint density at radius 3 is 3.06 bits per heavy atom. The van der Waals surface area contributed by atoms with Gasteiger partial charge in [-0.2, -0.15) is 0 Å². The summed E-state index contributed by atoms with van der Waals surface area (Å²) in [5, 5.41) is 4.03. The number of halogens is 1. The molecule has 2 rings (SSSR count). The fourth-order valence-corrected chi connectivity index (χ4v) is 2.14. The molecule has 1 unspecified atom stereocenters. The second-order valence-electron chi connectivity index (χ2n) is 4.22. The predicted octanol–water partition coefficient (Wildman–Crippen LogP) is 3.33. The molecule has 1 fully saturated rings. The number of anilines is 1. The van der Waals surface area contributed by atoms with Crippen molar-refractivity contribution in [1.29, 1.82) is 0 Å². The normalized spacial score (nSPS) is 20.0. The van der Waals surface area contributed by atoms with Crippen LogP contribution in [0.4, 0.5) is 5.69 Å². The summed E-state index contributed by atoms with van der Waals surface area (Å²) in [6.07, 6.45) is 3.84. The summed E-state index contributed by atoms with van der Waals surface area (Å²) in [6.45, 7) is 1.67. The Balaban J connectivity index is 1.92. The van der Waals surface area contributed by atoms with Crippen LogP contribution in [0.3, 0.4) is 0 Å². The van der Waals surface area contributed by atoms with Crippen molar-refractivity contribution in [1.82, 2.24) is 0 Å². The molecule has 1 atom stereocenters. The van der Waals surface area contributed by atoms with E-state index >= 15 is 0 Å². The molecule has 17 heavy (non-hydrogen) atoms. The van der Waals surface area contributed by atoms with Crippen molar-refractivity contribution in [2.45, 2.75) is 25.4 Å². The van der Waals surface area contributed by atoms with E-state index in [0.29, 0.717) is 11.1 Å². The number of ether oxygens (including phenoxy) is 2. The first-order valence-electron chi connectivity index (χ1n) is 5.98. The Morgan fingerprint density at radius 1 is 1.47 bits per heavy atom. The van der Waals surface area contributed by atoms with Crippen LogP contribution in [0.15, 0.2) is 18.2 Å². The van der Waals surface area contributed by atoms with Gasteiger partial charge in [0, 0.05) is 19.2 Å². The maximum absolute atomic E-state index is 6.11. The Kier molecular flexibility index (Phi) is 4.51. The smallest absolute Gasteiger partial charge is 0.121 e. The third-order valence-electron chi connectivity index (χ3n) is 2.97. The molecule has 1 aliphatic rings. The van der Waals surface area contributed by atoms with Crippen LogP contribution in [-0.2, 0) is 4.74 Å². The summed E-state index contributed by atoms with van der Waals surface area (Å²) in [6, 6.07) is 5.60. The van der Waals surface area contributed by atoms with Crippen LogP contribution in [0.25, 0.3) is 0 Å². The minimum absolute atomic E-state index is 0.297. The highest BCUT2D eigenvalue weighted by molar-refractivity contribution is 6.33. The summed E-state index contributed by atoms with van der Waals surface area (Å²) >= 11 is 6.11. The molecule has 1 aromatic carbocycles. The van der Waals surface area contributed by atoms with Gasteiger partial charge in [0.2, 0.25) is 0 Å². The molecule has 0 radical (unpaired) electrons. The van der Waals surface area contributed by atoms with E-state index in [-0.39, 0.29) is 0 Å². The molecule has 0 saturated carbocycles. The van der Waals surface area contributed by atoms with Crippen LogP contribution in [0.2, 0.25) is 5.02 Å². The summed E-state index contributed by atoms with van der Waals surface area (Å²) < 4.78 is 10.8. The molecule has 0 amide bonds. The number of methoxy groups -OCH3 is 1. The topological polar surface area (TPSA) is 30.5 Å². The highest BCUT2D eigenvalue weighted by Crippen LogP contribution is 2.27. The lowest BCUT2D eigenvalue weighted by Crippen LogP contribution is -2.27. The number of hydrogen-bond acceptors (Lipinski definition) is 3. The molecule has 0 aliphatic carbocycles. The van der Waals surface area contributed by atoms with Crippen LogP contribution < -0.4 is 10.1 Å². The fourth-order valence-electron chi connectivity index (χ4n) is 1.96. The van der Waals surface area contributed by atoms with Gasteiger partial charge in [-0.15, -0.1) is 0 Å². The number of benzene rings is 1. The van der Waals surface area contributed by atoms with Crippen molar-refractivity contribution in [3.63, 3.8) is 0 Å². The van der Waals surface area contributed by atoms with Crippen LogP contribution in [0.5, 0.6) is 5.75 Å². The molecule has 1 aliphatic heterocycles. The number of nitrogens with one attached hydrogen (secondary N) is 1. The average molecular weight is 256 g/mol. The maximum atomic E-state index is 6.11. The fraction of sp³-hybridized carbons (Fsp3) is 0.538. The van der Waals surface area contributed by atoms with Crippen molar-refractivity contribution < 1.29 is 9.47 Å². The molecule has 0 aromatic heterocycles. The van der Waals surface area contributed by atoms with Gasteiger partial charge in [-0.25, -0.2) is 0 Å². The van der Waals surface area contributed by atoms with E-state index in [4.69, 9.17) is 21.1 Å². The zero-order valence-corrected chi connectivity index (χ0v) is 10.8. The molecule has 4 heteroatoms. The highest BCUT2D eigenvalue weighted by atomic mass is 35.5. The summed E-state index contributed by atoms with van der Waals surface area (Å²) in [4.78, 5) is 0. The standard InChI is InChI=1S/C13H18ClNO2/c1-16-10-5-6-12(14)13(8-10)15-9-11-4-2-3-7-17-11/h5-6,8,11,15H,2-4,7,9H2,1H3. The lowest BCUT2D eigenvalue weighted by atomic mass is 10.1. The van der Waals surface area contributed by atoms with E-state index in [9.17, 15) is 0 Å². The maximum Gasteiger partial charge on any atom is 0.121 e. The molecular formula is C13H18ClNO2. The predicted molar refractivity (Wildman–Crippen MR) is 70.1 cm³/mol. The van der Waals surface area contributed by atoms with Crippen molar-refractivity contribution in [3.8, 4) is 5.75 Å². The van der Waals surface area contributed by atoms with E-state index in [1.165, 1.54) is 12.8 Å². The monoisotopic (exact) mass is 255 g/mol. The lowest BCUT2D eigenvalue weighted by Gasteiger charge is -2.23. The van der Waals surface area contributed by atoms with Crippen LogP contribution >= 0.6 is 11.6 Å². The Labute approximate surface area is 107 Å². The summed E-state index contributed by atoms with van der Waals surface area (Å²) in [7, 11) is 1.65. The Bertz CT molecular complexity index is 364. The van der Waals surface area contributed by atoms with E-state index in [1.54, 1.807) is 7.11 Å². The third kappa shape index (κ3) is 3.51. The van der Waals surface area contributed by atoms with Gasteiger partial charge in [0.15, 0.2) is 0 Å². The van der Waals surface area contributed by atoms with Crippen molar-refractivity contribution in [2.75, 3.05) is 25.6 Å². The van der Waals surface area contributed by atoms with Gasteiger partial charge in [0.05, 0.1) is 23.9 Å². The molecule has 1 saturated heterocycles. The minimum Gasteiger partial charge on any atom is -0.497 e.